The van der Waals surface area contributed by atoms with Crippen LogP contribution < -0.4 is 0 Å². The van der Waals surface area contributed by atoms with Crippen LogP contribution in [-0.4, -0.2) is 26.4 Å². The molecule has 0 aliphatic carbocycles. The summed E-state index contributed by atoms with van der Waals surface area (Å²) in [5.41, 5.74) is 1.12. The first-order chi connectivity index (χ1) is 6.93. The van der Waals surface area contributed by atoms with Crippen molar-refractivity contribution in [3.63, 3.8) is 0 Å². The number of pyridine rings is 1. The van der Waals surface area contributed by atoms with Gasteiger partial charge in [0.05, 0.1) is 6.61 Å². The van der Waals surface area contributed by atoms with Crippen molar-refractivity contribution in [1.29, 1.82) is 0 Å². The fourth-order valence-electron chi connectivity index (χ4n) is 1.29. The summed E-state index contributed by atoms with van der Waals surface area (Å²) in [6.45, 7) is 0.810. The van der Waals surface area contributed by atoms with Crippen LogP contribution in [0.25, 0.3) is 5.82 Å². The molecule has 1 fully saturated rings. The van der Waals surface area contributed by atoms with Gasteiger partial charge < -0.3 is 4.74 Å². The van der Waals surface area contributed by atoms with Crippen LogP contribution in [0.1, 0.15) is 11.7 Å². The van der Waals surface area contributed by atoms with E-state index in [2.05, 4.69) is 15.1 Å². The molecule has 0 spiro atoms. The van der Waals surface area contributed by atoms with Crippen LogP contribution in [-0.2, 0) is 4.74 Å². The van der Waals surface area contributed by atoms with Crippen molar-refractivity contribution in [2.24, 2.45) is 0 Å². The topological polar surface area (TPSA) is 56.1 Å². The summed E-state index contributed by atoms with van der Waals surface area (Å²) in [6, 6.07) is 3.91. The Kier molecular flexibility index (Phi) is 1.57. The lowest BCUT2D eigenvalue weighted by Crippen LogP contribution is -1.97. The summed E-state index contributed by atoms with van der Waals surface area (Å²) < 4.78 is 6.77. The summed E-state index contributed by atoms with van der Waals surface area (Å²) in [4.78, 5) is 8.12. The van der Waals surface area contributed by atoms with E-state index < -0.39 is 0 Å². The van der Waals surface area contributed by atoms with Gasteiger partial charge in [-0.25, -0.2) is 14.6 Å². The van der Waals surface area contributed by atoms with Gasteiger partial charge in [-0.15, -0.1) is 0 Å². The minimum Gasteiger partial charge on any atom is -0.368 e. The van der Waals surface area contributed by atoms with Crippen molar-refractivity contribution < 1.29 is 4.74 Å². The highest BCUT2D eigenvalue weighted by molar-refractivity contribution is 5.26. The molecule has 1 unspecified atom stereocenters. The molecule has 2 aromatic rings. The van der Waals surface area contributed by atoms with Crippen LogP contribution in [0.2, 0.25) is 0 Å². The molecule has 0 bridgehead atoms. The van der Waals surface area contributed by atoms with Gasteiger partial charge in [-0.1, -0.05) is 6.07 Å². The van der Waals surface area contributed by atoms with Gasteiger partial charge in [0.15, 0.2) is 5.82 Å². The molecule has 5 heteroatoms. The van der Waals surface area contributed by atoms with Gasteiger partial charge >= 0.3 is 0 Å². The van der Waals surface area contributed by atoms with E-state index in [0.29, 0.717) is 0 Å². The summed E-state index contributed by atoms with van der Waals surface area (Å²) in [5.74, 6) is 0.770. The molecule has 0 N–H and O–H groups in total. The van der Waals surface area contributed by atoms with Crippen molar-refractivity contribution in [2.45, 2.75) is 6.10 Å². The van der Waals surface area contributed by atoms with Crippen LogP contribution >= 0.6 is 0 Å². The number of rotatable bonds is 2. The van der Waals surface area contributed by atoms with Crippen LogP contribution in [0.3, 0.4) is 0 Å². The van der Waals surface area contributed by atoms with E-state index >= 15 is 0 Å². The fraction of sp³-hybridized carbons (Fsp3) is 0.222. The minimum atomic E-state index is 0.257. The highest BCUT2D eigenvalue weighted by Gasteiger charge is 2.24. The Morgan fingerprint density at radius 2 is 2.36 bits per heavy atom. The van der Waals surface area contributed by atoms with Crippen LogP contribution in [0.4, 0.5) is 0 Å². The molecule has 14 heavy (non-hydrogen) atoms. The molecule has 3 heterocycles. The van der Waals surface area contributed by atoms with Gasteiger partial charge in [0.1, 0.15) is 18.8 Å². The van der Waals surface area contributed by atoms with Crippen LogP contribution in [0.15, 0.2) is 31.0 Å². The number of nitrogens with zero attached hydrogens (tertiary/aromatic N) is 4. The molecule has 0 aromatic carbocycles. The second-order valence-electron chi connectivity index (χ2n) is 3.11. The molecule has 2 aromatic heterocycles. The van der Waals surface area contributed by atoms with Crippen LogP contribution in [0.5, 0.6) is 0 Å². The van der Waals surface area contributed by atoms with Gasteiger partial charge in [0.2, 0.25) is 0 Å². The molecule has 1 aliphatic rings. The van der Waals surface area contributed by atoms with Gasteiger partial charge in [-0.3, -0.25) is 0 Å². The molecule has 5 nitrogen and oxygen atoms in total. The van der Waals surface area contributed by atoms with Crippen molar-refractivity contribution in [2.75, 3.05) is 6.61 Å². The molecule has 0 radical (unpaired) electrons. The highest BCUT2D eigenvalue weighted by Crippen LogP contribution is 2.28. The quantitative estimate of drug-likeness (QED) is 0.652. The van der Waals surface area contributed by atoms with Gasteiger partial charge in [0.25, 0.3) is 0 Å². The monoisotopic (exact) mass is 188 g/mol. The average Bonchev–Trinajstić information content (AvgIpc) is 2.94. The van der Waals surface area contributed by atoms with Crippen LogP contribution in [0, 0.1) is 0 Å². The Morgan fingerprint density at radius 1 is 1.43 bits per heavy atom. The second-order valence-corrected chi connectivity index (χ2v) is 3.11. The molecule has 3 rings (SSSR count). The average molecular weight is 188 g/mol. The standard InChI is InChI=1S/C9H8N4O/c1-2-9(13-6-10-5-12-13)11-3-7(1)8-4-14-8/h1-3,5-6,8H,4H2. The third-order valence-electron chi connectivity index (χ3n) is 2.13. The van der Waals surface area contributed by atoms with Gasteiger partial charge in [-0.2, -0.15) is 5.10 Å². The molecule has 1 atom stereocenters. The van der Waals surface area contributed by atoms with E-state index in [9.17, 15) is 0 Å². The predicted molar refractivity (Wildman–Crippen MR) is 47.8 cm³/mol. The van der Waals surface area contributed by atoms with E-state index in [4.69, 9.17) is 4.74 Å². The molecular formula is C9H8N4O. The molecule has 0 amide bonds. The maximum atomic E-state index is 5.15. The van der Waals surface area contributed by atoms with E-state index in [1.54, 1.807) is 11.0 Å². The molecule has 1 saturated heterocycles. The summed E-state index contributed by atoms with van der Waals surface area (Å²) in [7, 11) is 0. The lowest BCUT2D eigenvalue weighted by atomic mass is 10.2. The van der Waals surface area contributed by atoms with E-state index in [-0.39, 0.29) is 6.10 Å². The van der Waals surface area contributed by atoms with Crippen molar-refractivity contribution in [3.05, 3.63) is 36.5 Å². The lowest BCUT2D eigenvalue weighted by molar-refractivity contribution is 0.415. The Balaban J connectivity index is 1.93. The van der Waals surface area contributed by atoms with E-state index in [1.165, 1.54) is 6.33 Å². The van der Waals surface area contributed by atoms with E-state index in [1.807, 2.05) is 18.3 Å². The number of aromatic nitrogens is 4. The Labute approximate surface area is 80.4 Å². The largest absolute Gasteiger partial charge is 0.368 e. The van der Waals surface area contributed by atoms with E-state index in [0.717, 1.165) is 18.0 Å². The molecule has 70 valence electrons. The zero-order valence-corrected chi connectivity index (χ0v) is 7.37. The summed E-state index contributed by atoms with van der Waals surface area (Å²) in [5, 5.41) is 3.99. The number of epoxide rings is 1. The Morgan fingerprint density at radius 3 is 2.93 bits per heavy atom. The maximum absolute atomic E-state index is 5.15. The normalized spacial score (nSPS) is 19.6. The third kappa shape index (κ3) is 1.27. The molecule has 0 saturated carbocycles. The minimum absolute atomic E-state index is 0.257. The summed E-state index contributed by atoms with van der Waals surface area (Å²) >= 11 is 0. The SMILES string of the molecule is c1ncn(-c2ccc(C3CO3)cn2)n1. The fourth-order valence-corrected chi connectivity index (χ4v) is 1.29. The third-order valence-corrected chi connectivity index (χ3v) is 2.13. The zero-order valence-electron chi connectivity index (χ0n) is 7.37. The van der Waals surface area contributed by atoms with Crippen molar-refractivity contribution >= 4 is 0 Å². The van der Waals surface area contributed by atoms with Gasteiger partial charge in [0, 0.05) is 11.8 Å². The van der Waals surface area contributed by atoms with Crippen molar-refractivity contribution in [3.8, 4) is 5.82 Å². The Hall–Kier alpha value is -1.75. The Bertz CT molecular complexity index is 419. The van der Waals surface area contributed by atoms with Gasteiger partial charge in [-0.05, 0) is 6.07 Å². The smallest absolute Gasteiger partial charge is 0.155 e. The number of hydrogen-bond acceptors (Lipinski definition) is 4. The highest BCUT2D eigenvalue weighted by atomic mass is 16.6. The predicted octanol–water partition coefficient (Wildman–Crippen LogP) is 0.734. The van der Waals surface area contributed by atoms with Crippen molar-refractivity contribution in [1.82, 2.24) is 19.7 Å². The lowest BCUT2D eigenvalue weighted by Gasteiger charge is -1.99. The first-order valence-corrected chi connectivity index (χ1v) is 4.36. The first kappa shape index (κ1) is 7.64. The second kappa shape index (κ2) is 2.88. The zero-order chi connectivity index (χ0) is 9.38. The molecule has 1 aliphatic heterocycles. The number of ether oxygens (including phenoxy) is 1. The maximum Gasteiger partial charge on any atom is 0.155 e. The summed E-state index contributed by atoms with van der Waals surface area (Å²) in [6.07, 6.45) is 5.18. The first-order valence-electron chi connectivity index (χ1n) is 4.36. The number of hydrogen-bond donors (Lipinski definition) is 0. The molecular weight excluding hydrogens is 180 g/mol.